The second-order valence-corrected chi connectivity index (χ2v) is 7.52. The summed E-state index contributed by atoms with van der Waals surface area (Å²) in [5, 5.41) is 7.62. The number of fused-ring (bicyclic) bond motifs is 1. The second kappa shape index (κ2) is 7.88. The summed E-state index contributed by atoms with van der Waals surface area (Å²) in [5.41, 5.74) is 6.78. The van der Waals surface area contributed by atoms with E-state index in [1.165, 1.54) is 34.5 Å². The Morgan fingerprint density at radius 1 is 0.962 bits per heavy atom. The highest BCUT2D eigenvalue weighted by Crippen LogP contribution is 2.27. The summed E-state index contributed by atoms with van der Waals surface area (Å²) in [4.78, 5) is 2.61. The molecule has 2 aromatic carbocycles. The summed E-state index contributed by atoms with van der Waals surface area (Å²) < 4.78 is 0. The molecule has 134 valence electrons. The van der Waals surface area contributed by atoms with Crippen molar-refractivity contribution in [2.45, 2.75) is 39.3 Å². The van der Waals surface area contributed by atoms with Crippen molar-refractivity contribution in [3.05, 3.63) is 88.7 Å². The zero-order chi connectivity index (χ0) is 17.8. The van der Waals surface area contributed by atoms with E-state index in [-0.39, 0.29) is 0 Å². The summed E-state index contributed by atoms with van der Waals surface area (Å²) in [5.74, 6) is 0.700. The monoisotopic (exact) mass is 345 g/mol. The molecule has 0 aliphatic heterocycles. The van der Waals surface area contributed by atoms with Crippen LogP contribution in [0.2, 0.25) is 0 Å². The van der Waals surface area contributed by atoms with Gasteiger partial charge in [-0.3, -0.25) is 10.00 Å². The molecule has 1 aliphatic carbocycles. The summed E-state index contributed by atoms with van der Waals surface area (Å²) in [7, 11) is 0. The molecule has 0 radical (unpaired) electrons. The van der Waals surface area contributed by atoms with E-state index in [4.69, 9.17) is 0 Å². The molecule has 3 aromatic rings. The van der Waals surface area contributed by atoms with Crippen LogP contribution in [0.3, 0.4) is 0 Å². The van der Waals surface area contributed by atoms with E-state index in [1.807, 2.05) is 0 Å². The van der Waals surface area contributed by atoms with Crippen LogP contribution >= 0.6 is 0 Å². The smallest absolute Gasteiger partial charge is 0.0626 e. The average molecular weight is 345 g/mol. The number of rotatable bonds is 6. The van der Waals surface area contributed by atoms with Crippen LogP contribution in [-0.2, 0) is 25.9 Å². The normalized spacial score (nSPS) is 16.6. The number of nitrogens with zero attached hydrogens (tertiary/aromatic N) is 2. The van der Waals surface area contributed by atoms with Crippen molar-refractivity contribution in [1.29, 1.82) is 0 Å². The van der Waals surface area contributed by atoms with Crippen LogP contribution in [0.5, 0.6) is 0 Å². The molecule has 1 heterocycles. The highest BCUT2D eigenvalue weighted by molar-refractivity contribution is 5.27. The zero-order valence-corrected chi connectivity index (χ0v) is 15.5. The lowest BCUT2D eigenvalue weighted by Gasteiger charge is -2.30. The van der Waals surface area contributed by atoms with Crippen LogP contribution in [0, 0.1) is 12.8 Å². The predicted molar refractivity (Wildman–Crippen MR) is 106 cm³/mol. The molecule has 1 aromatic heterocycles. The van der Waals surface area contributed by atoms with Crippen LogP contribution < -0.4 is 0 Å². The fourth-order valence-electron chi connectivity index (χ4n) is 4.11. The molecular formula is C23H27N3. The van der Waals surface area contributed by atoms with Crippen molar-refractivity contribution in [2.24, 2.45) is 5.92 Å². The number of aromatic nitrogens is 2. The Balaban J connectivity index is 1.48. The van der Waals surface area contributed by atoms with E-state index < -0.39 is 0 Å². The minimum absolute atomic E-state index is 0.700. The molecule has 4 rings (SSSR count). The van der Waals surface area contributed by atoms with Gasteiger partial charge in [-0.15, -0.1) is 0 Å². The molecule has 1 unspecified atom stereocenters. The molecule has 0 spiro atoms. The van der Waals surface area contributed by atoms with Crippen LogP contribution in [0.1, 0.15) is 34.5 Å². The molecule has 1 atom stereocenters. The van der Waals surface area contributed by atoms with E-state index in [9.17, 15) is 0 Å². The van der Waals surface area contributed by atoms with Crippen LogP contribution in [-0.4, -0.2) is 21.6 Å². The molecule has 0 fully saturated rings. The van der Waals surface area contributed by atoms with Gasteiger partial charge in [0.25, 0.3) is 0 Å². The Hall–Kier alpha value is -2.39. The Labute approximate surface area is 156 Å². The molecule has 0 saturated heterocycles. The van der Waals surface area contributed by atoms with Crippen molar-refractivity contribution in [3.63, 3.8) is 0 Å². The minimum Gasteiger partial charge on any atom is -0.295 e. The fraction of sp³-hybridized carbons (Fsp3) is 0.348. The van der Waals surface area contributed by atoms with Gasteiger partial charge in [0.2, 0.25) is 0 Å². The number of hydrogen-bond donors (Lipinski definition) is 1. The SMILES string of the molecule is Cc1n[nH]c2c1CC(CN(Cc1ccccc1)Cc1ccccc1)CC2. The molecule has 0 bridgehead atoms. The topological polar surface area (TPSA) is 31.9 Å². The number of nitrogens with one attached hydrogen (secondary N) is 1. The number of aromatic amines is 1. The molecule has 1 N–H and O–H groups in total. The third-order valence-corrected chi connectivity index (χ3v) is 5.47. The van der Waals surface area contributed by atoms with Gasteiger partial charge in [-0.25, -0.2) is 0 Å². The minimum atomic E-state index is 0.700. The maximum atomic E-state index is 4.41. The predicted octanol–water partition coefficient (Wildman–Crippen LogP) is 4.53. The first-order valence-corrected chi connectivity index (χ1v) is 9.61. The van der Waals surface area contributed by atoms with Gasteiger partial charge >= 0.3 is 0 Å². The van der Waals surface area contributed by atoms with Gasteiger partial charge < -0.3 is 0 Å². The number of aryl methyl sites for hydroxylation is 2. The third kappa shape index (κ3) is 4.05. The van der Waals surface area contributed by atoms with Crippen LogP contribution in [0.4, 0.5) is 0 Å². The van der Waals surface area contributed by atoms with E-state index in [0.717, 1.165) is 32.5 Å². The average Bonchev–Trinajstić information content (AvgIpc) is 3.04. The van der Waals surface area contributed by atoms with Crippen molar-refractivity contribution < 1.29 is 0 Å². The van der Waals surface area contributed by atoms with E-state index in [2.05, 4.69) is 82.7 Å². The van der Waals surface area contributed by atoms with Crippen LogP contribution in [0.15, 0.2) is 60.7 Å². The molecule has 3 nitrogen and oxygen atoms in total. The Morgan fingerprint density at radius 2 is 1.58 bits per heavy atom. The van der Waals surface area contributed by atoms with Crippen molar-refractivity contribution in [2.75, 3.05) is 6.54 Å². The summed E-state index contributed by atoms with van der Waals surface area (Å²) in [6.07, 6.45) is 3.53. The Bertz CT molecular complexity index is 782. The molecule has 26 heavy (non-hydrogen) atoms. The summed E-state index contributed by atoms with van der Waals surface area (Å²) in [6.45, 7) is 5.27. The Kier molecular flexibility index (Phi) is 5.16. The summed E-state index contributed by atoms with van der Waals surface area (Å²) >= 11 is 0. The first kappa shape index (κ1) is 17.0. The molecule has 0 amide bonds. The zero-order valence-electron chi connectivity index (χ0n) is 15.5. The summed E-state index contributed by atoms with van der Waals surface area (Å²) in [6, 6.07) is 21.7. The van der Waals surface area contributed by atoms with Gasteiger partial charge in [0, 0.05) is 25.3 Å². The maximum Gasteiger partial charge on any atom is 0.0626 e. The van der Waals surface area contributed by atoms with Gasteiger partial charge in [0.1, 0.15) is 0 Å². The highest BCUT2D eigenvalue weighted by Gasteiger charge is 2.24. The second-order valence-electron chi connectivity index (χ2n) is 7.52. The van der Waals surface area contributed by atoms with Gasteiger partial charge in [-0.2, -0.15) is 5.10 Å². The lowest BCUT2D eigenvalue weighted by molar-refractivity contribution is 0.203. The standard InChI is InChI=1S/C23H27N3/c1-18-22-14-21(12-13-23(22)25-24-18)17-26(15-19-8-4-2-5-9-19)16-20-10-6-3-7-11-20/h2-11,21H,12-17H2,1H3,(H,24,25). The van der Waals surface area contributed by atoms with E-state index >= 15 is 0 Å². The highest BCUT2D eigenvalue weighted by atomic mass is 15.1. The number of benzene rings is 2. The van der Waals surface area contributed by atoms with Crippen LogP contribution in [0.25, 0.3) is 0 Å². The third-order valence-electron chi connectivity index (χ3n) is 5.47. The van der Waals surface area contributed by atoms with Crippen molar-refractivity contribution in [1.82, 2.24) is 15.1 Å². The molecular weight excluding hydrogens is 318 g/mol. The first-order valence-electron chi connectivity index (χ1n) is 9.61. The lowest BCUT2D eigenvalue weighted by atomic mass is 9.86. The molecule has 3 heteroatoms. The van der Waals surface area contributed by atoms with E-state index in [1.54, 1.807) is 0 Å². The lowest BCUT2D eigenvalue weighted by Crippen LogP contribution is -2.31. The van der Waals surface area contributed by atoms with Gasteiger partial charge in [-0.1, -0.05) is 60.7 Å². The largest absolute Gasteiger partial charge is 0.295 e. The van der Waals surface area contributed by atoms with E-state index in [0.29, 0.717) is 5.92 Å². The number of hydrogen-bond acceptors (Lipinski definition) is 2. The molecule has 1 aliphatic rings. The van der Waals surface area contributed by atoms with Crippen molar-refractivity contribution >= 4 is 0 Å². The fourth-order valence-corrected chi connectivity index (χ4v) is 4.11. The maximum absolute atomic E-state index is 4.41. The molecule has 0 saturated carbocycles. The quantitative estimate of drug-likeness (QED) is 0.712. The van der Waals surface area contributed by atoms with Gasteiger partial charge in [0.15, 0.2) is 0 Å². The van der Waals surface area contributed by atoms with Gasteiger partial charge in [0.05, 0.1) is 5.69 Å². The van der Waals surface area contributed by atoms with Crippen molar-refractivity contribution in [3.8, 4) is 0 Å². The van der Waals surface area contributed by atoms with Gasteiger partial charge in [-0.05, 0) is 48.8 Å². The first-order chi connectivity index (χ1) is 12.8. The number of H-pyrrole nitrogens is 1. The Morgan fingerprint density at radius 3 is 2.19 bits per heavy atom.